The van der Waals surface area contributed by atoms with E-state index in [-0.39, 0.29) is 11.3 Å². The number of hydrogen-bond acceptors (Lipinski definition) is 3. The predicted molar refractivity (Wildman–Crippen MR) is 73.6 cm³/mol. The summed E-state index contributed by atoms with van der Waals surface area (Å²) in [6, 6.07) is 6.51. The van der Waals surface area contributed by atoms with Crippen molar-refractivity contribution >= 4 is 5.91 Å². The van der Waals surface area contributed by atoms with Crippen molar-refractivity contribution in [3.8, 4) is 0 Å². The third kappa shape index (κ3) is 3.37. The molecule has 0 aliphatic heterocycles. The number of carbonyl (C=O) groups is 1. The molecule has 1 heterocycles. The van der Waals surface area contributed by atoms with Crippen molar-refractivity contribution in [3.05, 3.63) is 70.7 Å². The molecule has 22 heavy (non-hydrogen) atoms. The minimum Gasteiger partial charge on any atom is -0.618 e. The second-order valence-corrected chi connectivity index (χ2v) is 4.79. The first kappa shape index (κ1) is 15.8. The van der Waals surface area contributed by atoms with Gasteiger partial charge in [0.2, 0.25) is 0 Å². The zero-order valence-electron chi connectivity index (χ0n) is 11.7. The zero-order chi connectivity index (χ0) is 16.3. The van der Waals surface area contributed by atoms with Gasteiger partial charge in [-0.2, -0.15) is 4.73 Å². The molecule has 0 bridgehead atoms. The number of hydrogen-bond donors (Lipinski definition) is 2. The van der Waals surface area contributed by atoms with Crippen LogP contribution < -0.4 is 10.0 Å². The fourth-order valence-corrected chi connectivity index (χ4v) is 1.95. The number of nitrogens with zero attached hydrogens (tertiary/aromatic N) is 1. The van der Waals surface area contributed by atoms with Gasteiger partial charge in [-0.05, 0) is 30.7 Å². The summed E-state index contributed by atoms with van der Waals surface area (Å²) in [4.78, 5) is 12.0. The van der Waals surface area contributed by atoms with E-state index in [1.54, 1.807) is 0 Å². The highest BCUT2D eigenvalue weighted by molar-refractivity contribution is 5.91. The standard InChI is InChI=1S/C15H14F2N2O3/c1-9(14(20)10-5-6-11(16)12(17)8-10)18-15(21)13-4-2-3-7-19(13)22/h2-9,14,20H,1H3,(H,18,21). The van der Waals surface area contributed by atoms with Crippen LogP contribution in [0.15, 0.2) is 42.6 Å². The fourth-order valence-electron chi connectivity index (χ4n) is 1.95. The normalized spacial score (nSPS) is 13.5. The number of nitrogens with one attached hydrogen (secondary N) is 1. The van der Waals surface area contributed by atoms with Crippen LogP contribution in [0.25, 0.3) is 0 Å². The van der Waals surface area contributed by atoms with E-state index in [9.17, 15) is 23.9 Å². The Bertz CT molecular complexity index is 694. The maximum Gasteiger partial charge on any atom is 0.317 e. The molecule has 1 amide bonds. The molecule has 0 fully saturated rings. The Hall–Kier alpha value is -2.54. The molecule has 116 valence electrons. The van der Waals surface area contributed by atoms with Crippen LogP contribution >= 0.6 is 0 Å². The van der Waals surface area contributed by atoms with Gasteiger partial charge in [0, 0.05) is 12.1 Å². The number of pyridine rings is 1. The molecule has 1 aromatic heterocycles. The van der Waals surface area contributed by atoms with Gasteiger partial charge in [-0.15, -0.1) is 0 Å². The lowest BCUT2D eigenvalue weighted by Gasteiger charge is -2.20. The number of aliphatic hydroxyl groups excluding tert-OH is 1. The quantitative estimate of drug-likeness (QED) is 0.663. The van der Waals surface area contributed by atoms with Crippen molar-refractivity contribution in [2.24, 2.45) is 0 Å². The number of halogens is 2. The van der Waals surface area contributed by atoms with Crippen LogP contribution in [0.3, 0.4) is 0 Å². The second kappa shape index (κ2) is 6.48. The van der Waals surface area contributed by atoms with Gasteiger partial charge in [0.05, 0.1) is 12.1 Å². The topological polar surface area (TPSA) is 76.3 Å². The molecule has 1 aromatic carbocycles. The summed E-state index contributed by atoms with van der Waals surface area (Å²) in [5.41, 5.74) is -0.0124. The lowest BCUT2D eigenvalue weighted by Crippen LogP contribution is -2.43. The summed E-state index contributed by atoms with van der Waals surface area (Å²) < 4.78 is 26.4. The third-order valence-electron chi connectivity index (χ3n) is 3.17. The molecule has 5 nitrogen and oxygen atoms in total. The molecule has 2 N–H and O–H groups in total. The van der Waals surface area contributed by atoms with Gasteiger partial charge in [-0.3, -0.25) is 4.79 Å². The molecule has 0 spiro atoms. The summed E-state index contributed by atoms with van der Waals surface area (Å²) >= 11 is 0. The largest absolute Gasteiger partial charge is 0.618 e. The third-order valence-corrected chi connectivity index (χ3v) is 3.17. The second-order valence-electron chi connectivity index (χ2n) is 4.79. The number of aliphatic hydroxyl groups is 1. The van der Waals surface area contributed by atoms with Gasteiger partial charge in [0.25, 0.3) is 5.69 Å². The molecule has 0 saturated heterocycles. The van der Waals surface area contributed by atoms with Crippen molar-refractivity contribution in [1.82, 2.24) is 5.32 Å². The highest BCUT2D eigenvalue weighted by Gasteiger charge is 2.23. The number of rotatable bonds is 4. The van der Waals surface area contributed by atoms with E-state index in [1.165, 1.54) is 37.4 Å². The van der Waals surface area contributed by atoms with Crippen LogP contribution in [0.5, 0.6) is 0 Å². The average molecular weight is 308 g/mol. The van der Waals surface area contributed by atoms with Gasteiger partial charge >= 0.3 is 5.91 Å². The van der Waals surface area contributed by atoms with Crippen molar-refractivity contribution in [3.63, 3.8) is 0 Å². The minimum atomic E-state index is -1.25. The van der Waals surface area contributed by atoms with Crippen LogP contribution in [-0.2, 0) is 0 Å². The van der Waals surface area contributed by atoms with Gasteiger partial charge < -0.3 is 15.6 Å². The average Bonchev–Trinajstić information content (AvgIpc) is 2.49. The van der Waals surface area contributed by atoms with E-state index < -0.39 is 29.7 Å². The van der Waals surface area contributed by atoms with Crippen molar-refractivity contribution in [2.45, 2.75) is 19.1 Å². The zero-order valence-corrected chi connectivity index (χ0v) is 11.7. The molecule has 2 unspecified atom stereocenters. The van der Waals surface area contributed by atoms with E-state index in [0.717, 1.165) is 12.1 Å². The van der Waals surface area contributed by atoms with Crippen molar-refractivity contribution in [1.29, 1.82) is 0 Å². The van der Waals surface area contributed by atoms with Crippen molar-refractivity contribution in [2.75, 3.05) is 0 Å². The Morgan fingerprint density at radius 1 is 1.27 bits per heavy atom. The summed E-state index contributed by atoms with van der Waals surface area (Å²) in [7, 11) is 0. The van der Waals surface area contributed by atoms with Gasteiger partial charge in [0.1, 0.15) is 0 Å². The first-order valence-corrected chi connectivity index (χ1v) is 6.52. The Balaban J connectivity index is 2.11. The number of aromatic nitrogens is 1. The van der Waals surface area contributed by atoms with E-state index in [1.807, 2.05) is 0 Å². The lowest BCUT2D eigenvalue weighted by molar-refractivity contribution is -0.607. The number of benzene rings is 1. The maximum absolute atomic E-state index is 13.2. The smallest absolute Gasteiger partial charge is 0.317 e. The molecular weight excluding hydrogens is 294 g/mol. The molecule has 2 aromatic rings. The van der Waals surface area contributed by atoms with Gasteiger partial charge in [0.15, 0.2) is 17.8 Å². The van der Waals surface area contributed by atoms with Crippen LogP contribution in [0, 0.1) is 16.8 Å². The highest BCUT2D eigenvalue weighted by atomic mass is 19.2. The van der Waals surface area contributed by atoms with E-state index in [2.05, 4.69) is 5.32 Å². The molecule has 0 saturated carbocycles. The Morgan fingerprint density at radius 2 is 2.00 bits per heavy atom. The minimum absolute atomic E-state index is 0.120. The molecular formula is C15H14F2N2O3. The highest BCUT2D eigenvalue weighted by Crippen LogP contribution is 2.19. The van der Waals surface area contributed by atoms with Crippen molar-refractivity contribution < 1.29 is 23.4 Å². The Kier molecular flexibility index (Phi) is 4.67. The molecule has 0 radical (unpaired) electrons. The first-order valence-electron chi connectivity index (χ1n) is 6.52. The summed E-state index contributed by atoms with van der Waals surface area (Å²) in [5.74, 6) is -2.79. The van der Waals surface area contributed by atoms with Crippen LogP contribution in [0.1, 0.15) is 29.1 Å². The molecule has 0 aliphatic carbocycles. The molecule has 2 rings (SSSR count). The fraction of sp³-hybridized carbons (Fsp3) is 0.200. The summed E-state index contributed by atoms with van der Waals surface area (Å²) in [5, 5.41) is 24.0. The monoisotopic (exact) mass is 308 g/mol. The lowest BCUT2D eigenvalue weighted by atomic mass is 10.0. The summed E-state index contributed by atoms with van der Waals surface area (Å²) in [6.07, 6.45) is -0.0754. The predicted octanol–water partition coefficient (Wildman–Crippen LogP) is 1.45. The van der Waals surface area contributed by atoms with Gasteiger partial charge in [-0.25, -0.2) is 8.78 Å². The van der Waals surface area contributed by atoms with Crippen LogP contribution in [-0.4, -0.2) is 17.1 Å². The Labute approximate surface area is 125 Å². The molecule has 2 atom stereocenters. The van der Waals surface area contributed by atoms with Crippen LogP contribution in [0.4, 0.5) is 8.78 Å². The molecule has 7 heteroatoms. The first-order chi connectivity index (χ1) is 10.4. The SMILES string of the molecule is CC(NC(=O)c1cccc[n+]1[O-])C(O)c1ccc(F)c(F)c1. The van der Waals surface area contributed by atoms with E-state index in [4.69, 9.17) is 0 Å². The van der Waals surface area contributed by atoms with E-state index >= 15 is 0 Å². The summed E-state index contributed by atoms with van der Waals surface area (Å²) in [6.45, 7) is 1.49. The number of amides is 1. The number of carbonyl (C=O) groups excluding carboxylic acids is 1. The van der Waals surface area contributed by atoms with E-state index in [0.29, 0.717) is 4.73 Å². The maximum atomic E-state index is 13.2. The van der Waals surface area contributed by atoms with Crippen LogP contribution in [0.2, 0.25) is 0 Å². The molecule has 0 aliphatic rings. The Morgan fingerprint density at radius 3 is 2.64 bits per heavy atom. The van der Waals surface area contributed by atoms with Gasteiger partial charge in [-0.1, -0.05) is 6.07 Å².